The van der Waals surface area contributed by atoms with Gasteiger partial charge in [-0.25, -0.2) is 0 Å². The molecule has 1 aromatic rings. The summed E-state index contributed by atoms with van der Waals surface area (Å²) >= 11 is 0. The zero-order valence-electron chi connectivity index (χ0n) is 9.82. The molecule has 0 aliphatic carbocycles. The first kappa shape index (κ1) is 11.4. The number of hydrogen-bond donors (Lipinski definition) is 2. The molecule has 3 nitrogen and oxygen atoms in total. The van der Waals surface area contributed by atoms with E-state index in [4.69, 9.17) is 0 Å². The summed E-state index contributed by atoms with van der Waals surface area (Å²) in [6, 6.07) is 8.15. The highest BCUT2D eigenvalue weighted by Crippen LogP contribution is 2.14. The van der Waals surface area contributed by atoms with E-state index in [1.807, 2.05) is 12.1 Å². The Morgan fingerprint density at radius 2 is 2.06 bits per heavy atom. The molecule has 1 aromatic carbocycles. The molecule has 0 saturated carbocycles. The molecular formula is C13H20N2O. The van der Waals surface area contributed by atoms with Crippen molar-refractivity contribution in [1.82, 2.24) is 10.2 Å². The van der Waals surface area contributed by atoms with Crippen LogP contribution in [-0.2, 0) is 6.54 Å². The predicted molar refractivity (Wildman–Crippen MR) is 65.5 cm³/mol. The molecule has 1 saturated heterocycles. The summed E-state index contributed by atoms with van der Waals surface area (Å²) in [7, 11) is 0. The summed E-state index contributed by atoms with van der Waals surface area (Å²) in [5, 5.41) is 12.7. The quantitative estimate of drug-likeness (QED) is 0.794. The van der Waals surface area contributed by atoms with Gasteiger partial charge in [0, 0.05) is 25.7 Å². The molecule has 0 amide bonds. The Morgan fingerprint density at radius 3 is 2.81 bits per heavy atom. The van der Waals surface area contributed by atoms with Crippen LogP contribution in [0.3, 0.4) is 0 Å². The maximum absolute atomic E-state index is 9.24. The van der Waals surface area contributed by atoms with Gasteiger partial charge in [0.05, 0.1) is 0 Å². The van der Waals surface area contributed by atoms with Crippen LogP contribution in [0.2, 0.25) is 0 Å². The van der Waals surface area contributed by atoms with Crippen LogP contribution in [0.25, 0.3) is 0 Å². The Morgan fingerprint density at radius 1 is 1.31 bits per heavy atom. The van der Waals surface area contributed by atoms with Gasteiger partial charge in [0.15, 0.2) is 0 Å². The van der Waals surface area contributed by atoms with Crippen molar-refractivity contribution in [3.63, 3.8) is 0 Å². The van der Waals surface area contributed by atoms with Crippen molar-refractivity contribution >= 4 is 0 Å². The number of nitrogens with zero attached hydrogens (tertiary/aromatic N) is 1. The summed E-state index contributed by atoms with van der Waals surface area (Å²) in [6.45, 7) is 6.55. The van der Waals surface area contributed by atoms with E-state index < -0.39 is 0 Å². The van der Waals surface area contributed by atoms with Gasteiger partial charge in [0.1, 0.15) is 5.75 Å². The fourth-order valence-corrected chi connectivity index (χ4v) is 2.13. The van der Waals surface area contributed by atoms with Crippen molar-refractivity contribution < 1.29 is 5.11 Å². The summed E-state index contributed by atoms with van der Waals surface area (Å²) in [4.78, 5) is 2.49. The van der Waals surface area contributed by atoms with Gasteiger partial charge in [-0.2, -0.15) is 0 Å². The maximum Gasteiger partial charge on any atom is 0.115 e. The molecule has 1 fully saturated rings. The van der Waals surface area contributed by atoms with Gasteiger partial charge in [0.25, 0.3) is 0 Å². The second kappa shape index (κ2) is 5.32. The zero-order valence-corrected chi connectivity index (χ0v) is 9.82. The molecule has 0 radical (unpaired) electrons. The monoisotopic (exact) mass is 220 g/mol. The second-order valence-corrected chi connectivity index (χ2v) is 4.52. The molecule has 0 bridgehead atoms. The highest BCUT2D eigenvalue weighted by Gasteiger charge is 2.16. The van der Waals surface area contributed by atoms with Gasteiger partial charge >= 0.3 is 0 Å². The summed E-state index contributed by atoms with van der Waals surface area (Å²) < 4.78 is 0. The van der Waals surface area contributed by atoms with E-state index in [1.54, 1.807) is 12.1 Å². The van der Waals surface area contributed by atoms with Crippen molar-refractivity contribution in [1.29, 1.82) is 0 Å². The third kappa shape index (κ3) is 2.97. The van der Waals surface area contributed by atoms with E-state index in [0.29, 0.717) is 11.8 Å². The Bertz CT molecular complexity index is 323. The lowest BCUT2D eigenvalue weighted by atomic mass is 10.1. The van der Waals surface area contributed by atoms with Crippen LogP contribution in [0.1, 0.15) is 18.9 Å². The van der Waals surface area contributed by atoms with Gasteiger partial charge in [0.2, 0.25) is 0 Å². The van der Waals surface area contributed by atoms with Gasteiger partial charge in [-0.1, -0.05) is 12.1 Å². The topological polar surface area (TPSA) is 35.5 Å². The Labute approximate surface area is 97.1 Å². The predicted octanol–water partition coefficient (Wildman–Crippen LogP) is 1.58. The molecule has 0 spiro atoms. The van der Waals surface area contributed by atoms with Crippen LogP contribution < -0.4 is 5.32 Å². The molecule has 2 rings (SSSR count). The number of aromatic hydroxyl groups is 1. The smallest absolute Gasteiger partial charge is 0.115 e. The van der Waals surface area contributed by atoms with Crippen molar-refractivity contribution in [2.24, 2.45) is 0 Å². The Balaban J connectivity index is 1.99. The first-order chi connectivity index (χ1) is 7.75. The molecule has 3 heteroatoms. The van der Waals surface area contributed by atoms with Crippen LogP contribution in [0, 0.1) is 0 Å². The Kier molecular flexibility index (Phi) is 3.80. The first-order valence-electron chi connectivity index (χ1n) is 5.98. The van der Waals surface area contributed by atoms with Gasteiger partial charge in [-0.05, 0) is 37.6 Å². The van der Waals surface area contributed by atoms with Crippen molar-refractivity contribution in [2.45, 2.75) is 25.9 Å². The average molecular weight is 220 g/mol. The van der Waals surface area contributed by atoms with Crippen molar-refractivity contribution in [3.05, 3.63) is 29.8 Å². The highest BCUT2D eigenvalue weighted by atomic mass is 16.3. The molecule has 16 heavy (non-hydrogen) atoms. The number of rotatable bonds is 2. The lowest BCUT2D eigenvalue weighted by Crippen LogP contribution is -2.33. The second-order valence-electron chi connectivity index (χ2n) is 4.52. The van der Waals surface area contributed by atoms with E-state index in [-0.39, 0.29) is 0 Å². The largest absolute Gasteiger partial charge is 0.508 e. The third-order valence-electron chi connectivity index (χ3n) is 3.26. The maximum atomic E-state index is 9.24. The zero-order chi connectivity index (χ0) is 11.4. The van der Waals surface area contributed by atoms with Crippen LogP contribution in [0.15, 0.2) is 24.3 Å². The minimum atomic E-state index is 0.342. The lowest BCUT2D eigenvalue weighted by Gasteiger charge is -2.26. The van der Waals surface area contributed by atoms with Gasteiger partial charge in [-0.15, -0.1) is 0 Å². The van der Waals surface area contributed by atoms with E-state index in [0.717, 1.165) is 26.2 Å². The standard InChI is InChI=1S/C13H20N2O/c1-11-6-7-14-8-9-15(11)10-12-2-4-13(16)5-3-12/h2-5,11,14,16H,6-10H2,1H3. The molecule has 1 aliphatic rings. The summed E-state index contributed by atoms with van der Waals surface area (Å²) in [6.07, 6.45) is 1.21. The van der Waals surface area contributed by atoms with E-state index in [2.05, 4.69) is 17.1 Å². The molecule has 0 aromatic heterocycles. The Hall–Kier alpha value is -1.06. The van der Waals surface area contributed by atoms with Crippen LogP contribution in [0.4, 0.5) is 0 Å². The molecule has 88 valence electrons. The molecule has 2 N–H and O–H groups in total. The molecule has 1 aliphatic heterocycles. The van der Waals surface area contributed by atoms with E-state index in [1.165, 1.54) is 12.0 Å². The molecule has 1 unspecified atom stereocenters. The molecule has 1 heterocycles. The fourth-order valence-electron chi connectivity index (χ4n) is 2.13. The summed E-state index contributed by atoms with van der Waals surface area (Å²) in [5.41, 5.74) is 1.27. The minimum Gasteiger partial charge on any atom is -0.508 e. The third-order valence-corrected chi connectivity index (χ3v) is 3.26. The lowest BCUT2D eigenvalue weighted by molar-refractivity contribution is 0.211. The fraction of sp³-hybridized carbons (Fsp3) is 0.538. The molecule has 1 atom stereocenters. The van der Waals surface area contributed by atoms with Crippen LogP contribution in [0.5, 0.6) is 5.75 Å². The normalized spacial score (nSPS) is 22.9. The van der Waals surface area contributed by atoms with Crippen LogP contribution >= 0.6 is 0 Å². The highest BCUT2D eigenvalue weighted by molar-refractivity contribution is 5.25. The number of phenols is 1. The molecular weight excluding hydrogens is 200 g/mol. The van der Waals surface area contributed by atoms with Gasteiger partial charge < -0.3 is 10.4 Å². The van der Waals surface area contributed by atoms with Crippen molar-refractivity contribution in [2.75, 3.05) is 19.6 Å². The van der Waals surface area contributed by atoms with Crippen molar-refractivity contribution in [3.8, 4) is 5.75 Å². The van der Waals surface area contributed by atoms with Gasteiger partial charge in [-0.3, -0.25) is 4.90 Å². The number of benzene rings is 1. The first-order valence-corrected chi connectivity index (χ1v) is 5.98. The van der Waals surface area contributed by atoms with E-state index >= 15 is 0 Å². The number of phenolic OH excluding ortho intramolecular Hbond substituents is 1. The summed E-state index contributed by atoms with van der Waals surface area (Å²) in [5.74, 6) is 0.342. The van der Waals surface area contributed by atoms with Crippen LogP contribution in [-0.4, -0.2) is 35.7 Å². The number of hydrogen-bond acceptors (Lipinski definition) is 3. The van der Waals surface area contributed by atoms with E-state index in [9.17, 15) is 5.11 Å². The SMILES string of the molecule is CC1CCNCCN1Cc1ccc(O)cc1. The number of nitrogens with one attached hydrogen (secondary N) is 1. The minimum absolute atomic E-state index is 0.342. The average Bonchev–Trinajstić information content (AvgIpc) is 2.48.